The summed E-state index contributed by atoms with van der Waals surface area (Å²) in [6.07, 6.45) is 1.23. The Morgan fingerprint density at radius 3 is 2.14 bits per heavy atom. The van der Waals surface area contributed by atoms with Crippen molar-refractivity contribution in [3.05, 3.63) is 41.8 Å². The van der Waals surface area contributed by atoms with E-state index in [2.05, 4.69) is 25.9 Å². The maximum atomic E-state index is 13.0. The normalized spacial score (nSPS) is 16.5. The summed E-state index contributed by atoms with van der Waals surface area (Å²) in [4.78, 5) is 21.6. The molecule has 4 rings (SSSR count). The van der Waals surface area contributed by atoms with Crippen LogP contribution in [-0.2, 0) is 0 Å². The number of aromatic carboxylic acids is 1. The number of carboxylic acid groups (broad SMARTS) is 1. The minimum absolute atomic E-state index is 0.0624. The molecule has 0 saturated carbocycles. The third kappa shape index (κ3) is 6.34. The van der Waals surface area contributed by atoms with Gasteiger partial charge in [-0.15, -0.1) is 0 Å². The van der Waals surface area contributed by atoms with Gasteiger partial charge in [-0.2, -0.15) is 4.98 Å². The fourth-order valence-electron chi connectivity index (χ4n) is 2.82. The molecule has 2 aliphatic heterocycles. The number of rotatable bonds is 4. The third-order valence-electron chi connectivity index (χ3n) is 4.36. The van der Waals surface area contributed by atoms with Crippen molar-refractivity contribution >= 4 is 11.9 Å². The third-order valence-corrected chi connectivity index (χ3v) is 4.36. The topological polar surface area (TPSA) is 112 Å². The Kier molecular flexibility index (Phi) is 7.68. The van der Waals surface area contributed by atoms with Gasteiger partial charge in [-0.1, -0.05) is 0 Å². The Hall–Kier alpha value is -2.82. The molecule has 0 spiro atoms. The first-order valence-electron chi connectivity index (χ1n) is 9.54. The second-order valence-corrected chi connectivity index (χ2v) is 6.49. The maximum absolute atomic E-state index is 13.0. The van der Waals surface area contributed by atoms with Crippen LogP contribution in [-0.4, -0.2) is 73.4 Å². The van der Waals surface area contributed by atoms with Crippen LogP contribution >= 0.6 is 0 Å². The standard InChI is InChI=1S/C15H15FN4O3.C4H10N2/c16-10-1-3-11(4-2-10)23-13-12(14(21)22)9-18-15(19-13)20-7-5-17-6-8-20;1-2-6-4-3-5-1/h1-4,9,17H,5-8H2,(H,21,22);5-6H,1-4H2. The van der Waals surface area contributed by atoms with Gasteiger partial charge in [0.25, 0.3) is 0 Å². The number of benzene rings is 1. The Balaban J connectivity index is 0.000000343. The zero-order valence-corrected chi connectivity index (χ0v) is 16.0. The second-order valence-electron chi connectivity index (χ2n) is 6.49. The Bertz CT molecular complexity index is 784. The minimum atomic E-state index is -1.19. The van der Waals surface area contributed by atoms with Crippen LogP contribution in [0.25, 0.3) is 0 Å². The van der Waals surface area contributed by atoms with E-state index in [0.29, 0.717) is 11.7 Å². The second kappa shape index (κ2) is 10.6. The van der Waals surface area contributed by atoms with Gasteiger partial charge in [0.05, 0.1) is 6.20 Å². The van der Waals surface area contributed by atoms with E-state index in [4.69, 9.17) is 4.74 Å². The number of nitrogens with one attached hydrogen (secondary N) is 3. The van der Waals surface area contributed by atoms with E-state index in [-0.39, 0.29) is 11.4 Å². The number of piperazine rings is 2. The number of halogens is 1. The van der Waals surface area contributed by atoms with Crippen molar-refractivity contribution in [3.8, 4) is 11.6 Å². The van der Waals surface area contributed by atoms with Crippen molar-refractivity contribution in [2.75, 3.05) is 57.3 Å². The molecule has 1 aromatic heterocycles. The number of ether oxygens (including phenoxy) is 1. The first-order chi connectivity index (χ1) is 14.1. The van der Waals surface area contributed by atoms with Crippen LogP contribution in [0.4, 0.5) is 10.3 Å². The Labute approximate surface area is 168 Å². The molecule has 0 radical (unpaired) electrons. The molecule has 0 aliphatic carbocycles. The lowest BCUT2D eigenvalue weighted by Crippen LogP contribution is -2.44. The van der Waals surface area contributed by atoms with E-state index in [1.165, 1.54) is 30.5 Å². The van der Waals surface area contributed by atoms with Crippen molar-refractivity contribution in [3.63, 3.8) is 0 Å². The van der Waals surface area contributed by atoms with Crippen LogP contribution in [0.3, 0.4) is 0 Å². The predicted molar refractivity (Wildman–Crippen MR) is 106 cm³/mol. The van der Waals surface area contributed by atoms with Crippen molar-refractivity contribution in [1.82, 2.24) is 25.9 Å². The van der Waals surface area contributed by atoms with Crippen molar-refractivity contribution in [2.24, 2.45) is 0 Å². The molecule has 2 saturated heterocycles. The zero-order valence-electron chi connectivity index (χ0n) is 16.0. The first kappa shape index (κ1) is 20.9. The van der Waals surface area contributed by atoms with Gasteiger partial charge in [-0.3, -0.25) is 0 Å². The monoisotopic (exact) mass is 404 g/mol. The van der Waals surface area contributed by atoms with Gasteiger partial charge in [0.1, 0.15) is 17.1 Å². The van der Waals surface area contributed by atoms with Gasteiger partial charge >= 0.3 is 5.97 Å². The molecule has 1 aromatic carbocycles. The summed E-state index contributed by atoms with van der Waals surface area (Å²) in [7, 11) is 0. The molecule has 2 aliphatic rings. The first-order valence-corrected chi connectivity index (χ1v) is 9.54. The molecular weight excluding hydrogens is 379 g/mol. The van der Waals surface area contributed by atoms with Crippen molar-refractivity contribution in [1.29, 1.82) is 0 Å². The molecule has 4 N–H and O–H groups in total. The molecule has 10 heteroatoms. The average molecular weight is 404 g/mol. The van der Waals surface area contributed by atoms with Gasteiger partial charge in [0.2, 0.25) is 11.8 Å². The van der Waals surface area contributed by atoms with E-state index >= 15 is 0 Å². The number of nitrogens with zero attached hydrogens (tertiary/aromatic N) is 3. The summed E-state index contributed by atoms with van der Waals surface area (Å²) in [6.45, 7) is 7.61. The van der Waals surface area contributed by atoms with Crippen LogP contribution < -0.4 is 25.6 Å². The molecule has 2 aromatic rings. The smallest absolute Gasteiger partial charge is 0.342 e. The molecule has 0 amide bonds. The summed E-state index contributed by atoms with van der Waals surface area (Å²) in [5, 5.41) is 18.9. The Morgan fingerprint density at radius 1 is 1.00 bits per heavy atom. The lowest BCUT2D eigenvalue weighted by Gasteiger charge is -2.27. The maximum Gasteiger partial charge on any atom is 0.342 e. The van der Waals surface area contributed by atoms with Crippen LogP contribution in [0.1, 0.15) is 10.4 Å². The van der Waals surface area contributed by atoms with E-state index in [1.807, 2.05) is 4.90 Å². The van der Waals surface area contributed by atoms with Crippen molar-refractivity contribution in [2.45, 2.75) is 0 Å². The fraction of sp³-hybridized carbons (Fsp3) is 0.421. The predicted octanol–water partition coefficient (Wildman–Crippen LogP) is 0.695. The van der Waals surface area contributed by atoms with Gasteiger partial charge < -0.3 is 30.7 Å². The highest BCUT2D eigenvalue weighted by molar-refractivity contribution is 5.90. The lowest BCUT2D eigenvalue weighted by atomic mass is 10.3. The van der Waals surface area contributed by atoms with Crippen LogP contribution in [0, 0.1) is 5.82 Å². The number of hydrogen-bond donors (Lipinski definition) is 4. The number of anilines is 1. The molecule has 156 valence electrons. The SMILES string of the molecule is C1CNCCN1.O=C(O)c1cnc(N2CCNCC2)nc1Oc1ccc(F)cc1. The van der Waals surface area contributed by atoms with E-state index in [0.717, 1.165) is 52.4 Å². The van der Waals surface area contributed by atoms with Gasteiger partial charge in [-0.25, -0.2) is 14.2 Å². The molecule has 0 bridgehead atoms. The van der Waals surface area contributed by atoms with Gasteiger partial charge in [-0.05, 0) is 24.3 Å². The van der Waals surface area contributed by atoms with Crippen LogP contribution in [0.2, 0.25) is 0 Å². The van der Waals surface area contributed by atoms with Crippen molar-refractivity contribution < 1.29 is 19.0 Å². The molecule has 3 heterocycles. The van der Waals surface area contributed by atoms with E-state index < -0.39 is 11.8 Å². The number of aromatic nitrogens is 2. The highest BCUT2D eigenvalue weighted by Crippen LogP contribution is 2.25. The fourth-order valence-corrected chi connectivity index (χ4v) is 2.82. The summed E-state index contributed by atoms with van der Waals surface area (Å²) in [5.41, 5.74) is -0.145. The molecule has 2 fully saturated rings. The highest BCUT2D eigenvalue weighted by Gasteiger charge is 2.20. The van der Waals surface area contributed by atoms with Gasteiger partial charge in [0.15, 0.2) is 0 Å². The molecule has 0 unspecified atom stereocenters. The summed E-state index contributed by atoms with van der Waals surface area (Å²) >= 11 is 0. The Morgan fingerprint density at radius 2 is 1.59 bits per heavy atom. The van der Waals surface area contributed by atoms with E-state index in [1.54, 1.807) is 0 Å². The lowest BCUT2D eigenvalue weighted by molar-refractivity contribution is 0.0693. The zero-order chi connectivity index (χ0) is 20.5. The molecule has 0 atom stereocenters. The minimum Gasteiger partial charge on any atom is -0.477 e. The summed E-state index contributed by atoms with van der Waals surface area (Å²) < 4.78 is 18.5. The van der Waals surface area contributed by atoms with Gasteiger partial charge in [0, 0.05) is 52.4 Å². The van der Waals surface area contributed by atoms with E-state index in [9.17, 15) is 14.3 Å². The molecular formula is C19H25FN6O3. The molecule has 29 heavy (non-hydrogen) atoms. The quantitative estimate of drug-likeness (QED) is 0.585. The highest BCUT2D eigenvalue weighted by atomic mass is 19.1. The molecule has 9 nitrogen and oxygen atoms in total. The average Bonchev–Trinajstić information content (AvgIpc) is 2.77. The number of carboxylic acids is 1. The largest absolute Gasteiger partial charge is 0.477 e. The summed E-state index contributed by atoms with van der Waals surface area (Å²) in [5.74, 6) is -0.936. The number of hydrogen-bond acceptors (Lipinski definition) is 8. The number of carbonyl (C=O) groups is 1. The van der Waals surface area contributed by atoms with Crippen LogP contribution in [0.5, 0.6) is 11.6 Å². The van der Waals surface area contributed by atoms with Crippen LogP contribution in [0.15, 0.2) is 30.5 Å². The summed E-state index contributed by atoms with van der Waals surface area (Å²) in [6, 6.07) is 5.28.